The lowest BCUT2D eigenvalue weighted by molar-refractivity contribution is -0.151. The summed E-state index contributed by atoms with van der Waals surface area (Å²) in [5.74, 6) is -0.523. The summed E-state index contributed by atoms with van der Waals surface area (Å²) in [6, 6.07) is -0.715. The zero-order valence-corrected chi connectivity index (χ0v) is 38.2. The third-order valence-corrected chi connectivity index (χ3v) is 10.8. The Morgan fingerprint density at radius 3 is 1.47 bits per heavy atom. The van der Waals surface area contributed by atoms with Crippen molar-refractivity contribution in [2.24, 2.45) is 0 Å². The topological polar surface area (TPSA) is 95.9 Å². The predicted molar refractivity (Wildman–Crippen MR) is 250 cm³/mol. The van der Waals surface area contributed by atoms with E-state index in [1.54, 1.807) is 0 Å². The Kier molecular flexibility index (Phi) is 43.7. The molecule has 0 bridgehead atoms. The van der Waals surface area contributed by atoms with Crippen LogP contribution in [-0.4, -0.2) is 46.9 Å². The van der Waals surface area contributed by atoms with E-state index in [0.29, 0.717) is 19.3 Å². The quantitative estimate of drug-likeness (QED) is 0.0324. The molecule has 0 radical (unpaired) electrons. The van der Waals surface area contributed by atoms with Gasteiger partial charge in [-0.3, -0.25) is 9.59 Å². The van der Waals surface area contributed by atoms with Crippen molar-refractivity contribution < 1.29 is 24.5 Å². The van der Waals surface area contributed by atoms with Crippen LogP contribution in [-0.2, 0) is 14.3 Å². The Bertz CT molecular complexity index is 1050. The summed E-state index contributed by atoms with van der Waals surface area (Å²) in [5, 5.41) is 23.6. The lowest BCUT2D eigenvalue weighted by atomic mass is 10.0. The molecule has 58 heavy (non-hydrogen) atoms. The molecule has 1 amide bonds. The normalized spacial score (nSPS) is 13.8. The number of carbonyl (C=O) groups is 2. The highest BCUT2D eigenvalue weighted by molar-refractivity contribution is 5.77. The molecule has 3 N–H and O–H groups in total. The van der Waals surface area contributed by atoms with Crippen molar-refractivity contribution in [3.63, 3.8) is 0 Å². The van der Waals surface area contributed by atoms with Crippen LogP contribution in [0.2, 0.25) is 0 Å². The number of carbonyl (C=O) groups excluding carboxylic acids is 2. The van der Waals surface area contributed by atoms with Crippen LogP contribution in [0.5, 0.6) is 0 Å². The van der Waals surface area contributed by atoms with Crippen molar-refractivity contribution in [3.8, 4) is 0 Å². The van der Waals surface area contributed by atoms with Gasteiger partial charge < -0.3 is 20.3 Å². The lowest BCUT2D eigenvalue weighted by Crippen LogP contribution is -2.46. The molecular weight excluding hydrogens is 719 g/mol. The standard InChI is InChI=1S/C52H93NO5/c1-4-7-10-13-16-19-22-24-25-26-27-28-30-33-36-39-42-45-52(57)58-48(43-40-37-34-31-29-23-20-17-14-11-8-5-2)46-51(56)53-49(47-54)50(55)44-41-38-35-32-21-18-15-12-9-6-3/h8,11,16-17,19-20,24-25,29,31,48-50,54-55H,4-7,9-10,12-15,18,21-23,26-28,30,32-47H2,1-3H3,(H,53,56)/b11-8+,19-16-,20-17+,25-24-,31-29+. The summed E-state index contributed by atoms with van der Waals surface area (Å²) in [6.07, 6.45) is 55.7. The van der Waals surface area contributed by atoms with Crippen LogP contribution in [0, 0.1) is 0 Å². The molecule has 0 heterocycles. The molecule has 336 valence electrons. The molecule has 0 fully saturated rings. The molecule has 0 rings (SSSR count). The fourth-order valence-electron chi connectivity index (χ4n) is 7.12. The zero-order valence-electron chi connectivity index (χ0n) is 38.2. The summed E-state index contributed by atoms with van der Waals surface area (Å²) in [5.41, 5.74) is 0. The molecule has 0 aliphatic rings. The Morgan fingerprint density at radius 1 is 0.517 bits per heavy atom. The van der Waals surface area contributed by atoms with Crippen molar-refractivity contribution in [3.05, 3.63) is 60.8 Å². The van der Waals surface area contributed by atoms with Crippen LogP contribution in [0.15, 0.2) is 60.8 Å². The predicted octanol–water partition coefficient (Wildman–Crippen LogP) is 14.5. The average Bonchev–Trinajstić information content (AvgIpc) is 3.22. The SMILES string of the molecule is CC/C=C/C/C=C/C/C=C/CCCCC(CC(=O)NC(CO)C(O)CCCCCCCCCCCC)OC(=O)CCCCCCCCC/C=C\C/C=C\CCCCC. The first-order valence-electron chi connectivity index (χ1n) is 24.5. The maximum atomic E-state index is 13.1. The van der Waals surface area contributed by atoms with Gasteiger partial charge in [-0.15, -0.1) is 0 Å². The van der Waals surface area contributed by atoms with Gasteiger partial charge in [0, 0.05) is 6.42 Å². The molecule has 0 saturated heterocycles. The molecule has 3 unspecified atom stereocenters. The average molecular weight is 812 g/mol. The second kappa shape index (κ2) is 45.6. The van der Waals surface area contributed by atoms with Crippen LogP contribution in [0.1, 0.15) is 233 Å². The molecule has 0 aromatic heterocycles. The first-order valence-corrected chi connectivity index (χ1v) is 24.5. The van der Waals surface area contributed by atoms with Crippen LogP contribution in [0.3, 0.4) is 0 Å². The Balaban J connectivity index is 4.61. The second-order valence-electron chi connectivity index (χ2n) is 16.5. The van der Waals surface area contributed by atoms with Gasteiger partial charge >= 0.3 is 5.97 Å². The van der Waals surface area contributed by atoms with Crippen molar-refractivity contribution in [2.75, 3.05) is 6.61 Å². The third-order valence-electron chi connectivity index (χ3n) is 10.8. The Hall–Kier alpha value is -2.44. The third kappa shape index (κ3) is 40.3. The van der Waals surface area contributed by atoms with E-state index in [4.69, 9.17) is 4.74 Å². The van der Waals surface area contributed by atoms with Gasteiger partial charge in [0.05, 0.1) is 25.2 Å². The molecule has 0 saturated carbocycles. The van der Waals surface area contributed by atoms with Crippen molar-refractivity contribution in [1.82, 2.24) is 5.32 Å². The molecule has 3 atom stereocenters. The van der Waals surface area contributed by atoms with Gasteiger partial charge in [0.2, 0.25) is 5.91 Å². The number of amides is 1. The number of hydrogen-bond acceptors (Lipinski definition) is 5. The summed E-state index contributed by atoms with van der Waals surface area (Å²) < 4.78 is 5.90. The van der Waals surface area contributed by atoms with Crippen LogP contribution >= 0.6 is 0 Å². The molecule has 0 spiro atoms. The van der Waals surface area contributed by atoms with Crippen LogP contribution < -0.4 is 5.32 Å². The summed E-state index contributed by atoms with van der Waals surface area (Å²) >= 11 is 0. The minimum absolute atomic E-state index is 0.0469. The summed E-state index contributed by atoms with van der Waals surface area (Å²) in [4.78, 5) is 26.0. The maximum Gasteiger partial charge on any atom is 0.306 e. The molecule has 0 aliphatic heterocycles. The van der Waals surface area contributed by atoms with E-state index in [1.807, 2.05) is 0 Å². The number of rotatable bonds is 43. The first kappa shape index (κ1) is 55.6. The van der Waals surface area contributed by atoms with Gasteiger partial charge in [-0.05, 0) is 89.9 Å². The smallest absolute Gasteiger partial charge is 0.306 e. The second-order valence-corrected chi connectivity index (χ2v) is 16.5. The highest BCUT2D eigenvalue weighted by Crippen LogP contribution is 2.17. The van der Waals surface area contributed by atoms with Crippen LogP contribution in [0.4, 0.5) is 0 Å². The van der Waals surface area contributed by atoms with Gasteiger partial charge in [0.15, 0.2) is 0 Å². The first-order chi connectivity index (χ1) is 28.5. The molecule has 0 aromatic carbocycles. The fourth-order valence-corrected chi connectivity index (χ4v) is 7.12. The number of esters is 1. The van der Waals surface area contributed by atoms with Gasteiger partial charge in [-0.25, -0.2) is 0 Å². The van der Waals surface area contributed by atoms with Crippen molar-refractivity contribution in [1.29, 1.82) is 0 Å². The number of allylic oxidation sites excluding steroid dienone is 10. The molecule has 6 nitrogen and oxygen atoms in total. The summed E-state index contributed by atoms with van der Waals surface area (Å²) in [7, 11) is 0. The van der Waals surface area contributed by atoms with Gasteiger partial charge in [-0.2, -0.15) is 0 Å². The van der Waals surface area contributed by atoms with E-state index in [9.17, 15) is 19.8 Å². The largest absolute Gasteiger partial charge is 0.462 e. The minimum atomic E-state index is -0.798. The number of hydrogen-bond donors (Lipinski definition) is 3. The number of nitrogens with one attached hydrogen (secondary N) is 1. The molecular formula is C52H93NO5. The highest BCUT2D eigenvalue weighted by Gasteiger charge is 2.24. The lowest BCUT2D eigenvalue weighted by Gasteiger charge is -2.24. The number of aliphatic hydroxyl groups excluding tert-OH is 2. The van der Waals surface area contributed by atoms with Crippen LogP contribution in [0.25, 0.3) is 0 Å². The molecule has 6 heteroatoms. The summed E-state index contributed by atoms with van der Waals surface area (Å²) in [6.45, 7) is 6.31. The van der Waals surface area contributed by atoms with Gasteiger partial charge in [-0.1, -0.05) is 191 Å². The van der Waals surface area contributed by atoms with E-state index >= 15 is 0 Å². The minimum Gasteiger partial charge on any atom is -0.462 e. The van der Waals surface area contributed by atoms with E-state index < -0.39 is 18.2 Å². The zero-order chi connectivity index (χ0) is 42.4. The van der Waals surface area contributed by atoms with Crippen molar-refractivity contribution >= 4 is 11.9 Å². The molecule has 0 aromatic rings. The number of aliphatic hydroxyl groups is 2. The van der Waals surface area contributed by atoms with Gasteiger partial charge in [0.25, 0.3) is 0 Å². The number of unbranched alkanes of at least 4 members (excludes halogenated alkanes) is 21. The number of ether oxygens (including phenoxy) is 1. The van der Waals surface area contributed by atoms with E-state index in [1.165, 1.54) is 96.3 Å². The highest BCUT2D eigenvalue weighted by atomic mass is 16.5. The van der Waals surface area contributed by atoms with E-state index in [0.717, 1.165) is 89.9 Å². The Morgan fingerprint density at radius 2 is 0.931 bits per heavy atom. The van der Waals surface area contributed by atoms with Crippen molar-refractivity contribution in [2.45, 2.75) is 251 Å². The fraction of sp³-hybridized carbons (Fsp3) is 0.769. The Labute approximate surface area is 358 Å². The monoisotopic (exact) mass is 812 g/mol. The maximum absolute atomic E-state index is 13.1. The van der Waals surface area contributed by atoms with E-state index in [-0.39, 0.29) is 24.9 Å². The molecule has 0 aliphatic carbocycles. The van der Waals surface area contributed by atoms with E-state index in [2.05, 4.69) is 86.8 Å². The van der Waals surface area contributed by atoms with Gasteiger partial charge in [0.1, 0.15) is 6.10 Å².